The highest BCUT2D eigenvalue weighted by Crippen LogP contribution is 2.26. The molecule has 1 aliphatic rings. The van der Waals surface area contributed by atoms with Crippen molar-refractivity contribution in [2.75, 3.05) is 0 Å². The van der Waals surface area contributed by atoms with Gasteiger partial charge in [0.2, 0.25) is 0 Å². The molecule has 1 N–H and O–H groups in total. The van der Waals surface area contributed by atoms with Crippen LogP contribution in [0.1, 0.15) is 25.0 Å². The Morgan fingerprint density at radius 3 is 2.70 bits per heavy atom. The summed E-state index contributed by atoms with van der Waals surface area (Å²) >= 11 is 0. The van der Waals surface area contributed by atoms with Crippen LogP contribution in [0.4, 0.5) is 0 Å². The molecule has 0 amide bonds. The van der Waals surface area contributed by atoms with Crippen LogP contribution in [0.5, 0.6) is 0 Å². The van der Waals surface area contributed by atoms with Gasteiger partial charge in [0.25, 0.3) is 0 Å². The van der Waals surface area contributed by atoms with Gasteiger partial charge < -0.3 is 14.6 Å². The molecule has 1 aliphatic heterocycles. The summed E-state index contributed by atoms with van der Waals surface area (Å²) in [6.07, 6.45) is 0.689. The number of ether oxygens (including phenoxy) is 2. The monoisotopic (exact) mass is 276 g/mol. The van der Waals surface area contributed by atoms with Crippen LogP contribution in [0.2, 0.25) is 0 Å². The third kappa shape index (κ3) is 3.45. The minimum absolute atomic E-state index is 0.396. The van der Waals surface area contributed by atoms with E-state index in [1.165, 1.54) is 13.0 Å². The fourth-order valence-corrected chi connectivity index (χ4v) is 2.11. The van der Waals surface area contributed by atoms with Crippen LogP contribution in [0, 0.1) is 0 Å². The molecule has 20 heavy (non-hydrogen) atoms. The summed E-state index contributed by atoms with van der Waals surface area (Å²) in [5.41, 5.74) is 0.601. The summed E-state index contributed by atoms with van der Waals surface area (Å²) in [4.78, 5) is 22.5. The van der Waals surface area contributed by atoms with Crippen LogP contribution >= 0.6 is 0 Å². The van der Waals surface area contributed by atoms with Crippen molar-refractivity contribution in [2.45, 2.75) is 31.7 Å². The number of carbonyl (C=O) groups excluding carboxylic acids is 2. The van der Waals surface area contributed by atoms with E-state index in [4.69, 9.17) is 9.47 Å². The number of esters is 2. The van der Waals surface area contributed by atoms with Crippen molar-refractivity contribution in [2.24, 2.45) is 0 Å². The molecule has 2 rings (SSSR count). The molecule has 5 heteroatoms. The second-order valence-electron chi connectivity index (χ2n) is 4.54. The number of carbonyl (C=O) groups is 2. The maximum Gasteiger partial charge on any atom is 0.330 e. The Morgan fingerprint density at radius 1 is 1.40 bits per heavy atom. The lowest BCUT2D eigenvalue weighted by molar-refractivity contribution is -0.174. The van der Waals surface area contributed by atoms with E-state index in [2.05, 4.69) is 0 Å². The number of aliphatic hydroxyl groups is 1. The first-order valence-corrected chi connectivity index (χ1v) is 6.35. The maximum atomic E-state index is 11.3. The average molecular weight is 276 g/mol. The van der Waals surface area contributed by atoms with E-state index in [0.717, 1.165) is 0 Å². The quantitative estimate of drug-likeness (QED) is 0.844. The van der Waals surface area contributed by atoms with Crippen molar-refractivity contribution >= 4 is 11.9 Å². The summed E-state index contributed by atoms with van der Waals surface area (Å²) in [6, 6.07) is 8.82. The molecule has 0 bridgehead atoms. The van der Waals surface area contributed by atoms with Crippen molar-refractivity contribution in [3.05, 3.63) is 48.0 Å². The van der Waals surface area contributed by atoms with E-state index in [9.17, 15) is 14.7 Å². The number of aliphatic hydroxyl groups excluding tert-OH is 1. The second kappa shape index (κ2) is 6.34. The van der Waals surface area contributed by atoms with Crippen LogP contribution < -0.4 is 0 Å². The summed E-state index contributed by atoms with van der Waals surface area (Å²) < 4.78 is 10.3. The van der Waals surface area contributed by atoms with Gasteiger partial charge in [-0.15, -0.1) is 0 Å². The highest BCUT2D eigenvalue weighted by molar-refractivity contribution is 5.82. The topological polar surface area (TPSA) is 72.8 Å². The summed E-state index contributed by atoms with van der Waals surface area (Å²) in [5, 5.41) is 10.4. The van der Waals surface area contributed by atoms with Crippen LogP contribution in [0.15, 0.2) is 42.5 Å². The first-order chi connectivity index (χ1) is 9.58. The van der Waals surface area contributed by atoms with Gasteiger partial charge in [0.15, 0.2) is 6.10 Å². The van der Waals surface area contributed by atoms with Crippen molar-refractivity contribution in [1.29, 1.82) is 0 Å². The maximum absolute atomic E-state index is 11.3. The molecule has 1 heterocycles. The normalized spacial score (nSPS) is 20.9. The number of cyclic esters (lactones) is 1. The molecule has 0 radical (unpaired) electrons. The molecule has 0 saturated carbocycles. The fourth-order valence-electron chi connectivity index (χ4n) is 2.11. The van der Waals surface area contributed by atoms with Crippen LogP contribution in [0.3, 0.4) is 0 Å². The Labute approximate surface area is 116 Å². The molecule has 106 valence electrons. The lowest BCUT2D eigenvalue weighted by Gasteiger charge is -2.30. The standard InChI is InChI=1S/C15H16O5/c1-10(16)19-15(12-8-5-9-13(17)20-12)14(18)11-6-3-2-4-7-11/h2-7,9,12,14-15,18H,8H2,1H3/t12?,14-,15+/m1/s1. The van der Waals surface area contributed by atoms with Gasteiger partial charge in [-0.2, -0.15) is 0 Å². The highest BCUT2D eigenvalue weighted by atomic mass is 16.6. The van der Waals surface area contributed by atoms with E-state index in [-0.39, 0.29) is 0 Å². The molecule has 1 unspecified atom stereocenters. The molecular formula is C15H16O5. The Morgan fingerprint density at radius 2 is 2.10 bits per heavy atom. The lowest BCUT2D eigenvalue weighted by Crippen LogP contribution is -2.40. The van der Waals surface area contributed by atoms with E-state index < -0.39 is 30.3 Å². The zero-order valence-corrected chi connectivity index (χ0v) is 11.1. The van der Waals surface area contributed by atoms with Crippen LogP contribution in [-0.2, 0) is 19.1 Å². The second-order valence-corrected chi connectivity index (χ2v) is 4.54. The van der Waals surface area contributed by atoms with Crippen molar-refractivity contribution in [1.82, 2.24) is 0 Å². The molecule has 1 aromatic carbocycles. The third-order valence-electron chi connectivity index (χ3n) is 3.01. The van der Waals surface area contributed by atoms with Gasteiger partial charge in [0.05, 0.1) is 0 Å². The summed E-state index contributed by atoms with van der Waals surface area (Å²) in [5.74, 6) is -1.03. The molecule has 1 aromatic rings. The Hall–Kier alpha value is -2.14. The SMILES string of the molecule is CC(=O)O[C@@H](C1CC=CC(=O)O1)[C@H](O)c1ccccc1. The first-order valence-electron chi connectivity index (χ1n) is 6.35. The number of benzene rings is 1. The molecule has 0 fully saturated rings. The zero-order valence-electron chi connectivity index (χ0n) is 11.1. The van der Waals surface area contributed by atoms with E-state index >= 15 is 0 Å². The predicted molar refractivity (Wildman–Crippen MR) is 70.6 cm³/mol. The number of hydrogen-bond donors (Lipinski definition) is 1. The fraction of sp³-hybridized carbons (Fsp3) is 0.333. The largest absolute Gasteiger partial charge is 0.455 e. The molecule has 0 spiro atoms. The Balaban J connectivity index is 2.21. The number of hydrogen-bond acceptors (Lipinski definition) is 5. The highest BCUT2D eigenvalue weighted by Gasteiger charge is 2.35. The minimum Gasteiger partial charge on any atom is -0.455 e. The minimum atomic E-state index is -1.05. The molecular weight excluding hydrogens is 260 g/mol. The van der Waals surface area contributed by atoms with Crippen molar-refractivity contribution in [3.63, 3.8) is 0 Å². The van der Waals surface area contributed by atoms with Crippen LogP contribution in [0.25, 0.3) is 0 Å². The zero-order chi connectivity index (χ0) is 14.5. The van der Waals surface area contributed by atoms with Crippen molar-refractivity contribution < 1.29 is 24.2 Å². The number of rotatable bonds is 4. The molecule has 3 atom stereocenters. The van der Waals surface area contributed by atoms with E-state index in [1.54, 1.807) is 30.3 Å². The summed E-state index contributed by atoms with van der Waals surface area (Å²) in [6.45, 7) is 1.26. The van der Waals surface area contributed by atoms with Gasteiger partial charge in [0.1, 0.15) is 12.2 Å². The third-order valence-corrected chi connectivity index (χ3v) is 3.01. The average Bonchev–Trinajstić information content (AvgIpc) is 2.45. The van der Waals surface area contributed by atoms with Gasteiger partial charge >= 0.3 is 11.9 Å². The molecule has 0 aromatic heterocycles. The van der Waals surface area contributed by atoms with Gasteiger partial charge in [-0.1, -0.05) is 36.4 Å². The first kappa shape index (κ1) is 14.3. The molecule has 0 aliphatic carbocycles. The van der Waals surface area contributed by atoms with E-state index in [1.807, 2.05) is 6.07 Å². The molecule has 5 nitrogen and oxygen atoms in total. The van der Waals surface area contributed by atoms with E-state index in [0.29, 0.717) is 12.0 Å². The van der Waals surface area contributed by atoms with Gasteiger partial charge in [-0.3, -0.25) is 4.79 Å². The van der Waals surface area contributed by atoms with Gasteiger partial charge in [-0.25, -0.2) is 4.79 Å². The van der Waals surface area contributed by atoms with Crippen LogP contribution in [-0.4, -0.2) is 29.3 Å². The van der Waals surface area contributed by atoms with Gasteiger partial charge in [0, 0.05) is 19.4 Å². The smallest absolute Gasteiger partial charge is 0.330 e. The predicted octanol–water partition coefficient (Wildman–Crippen LogP) is 1.52. The Kier molecular flexibility index (Phi) is 4.53. The lowest BCUT2D eigenvalue weighted by atomic mass is 9.97. The molecule has 0 saturated heterocycles. The Bertz CT molecular complexity index is 508. The summed E-state index contributed by atoms with van der Waals surface area (Å²) in [7, 11) is 0. The van der Waals surface area contributed by atoms with Gasteiger partial charge in [-0.05, 0) is 5.56 Å². The van der Waals surface area contributed by atoms with Crippen molar-refractivity contribution in [3.8, 4) is 0 Å².